The zero-order valence-corrected chi connectivity index (χ0v) is 15.2. The molecule has 1 aromatic carbocycles. The molecule has 0 radical (unpaired) electrons. The van der Waals surface area contributed by atoms with Crippen LogP contribution in [0, 0.1) is 0 Å². The van der Waals surface area contributed by atoms with E-state index >= 15 is 0 Å². The van der Waals surface area contributed by atoms with E-state index in [-0.39, 0.29) is 0 Å². The number of rotatable bonds is 5. The van der Waals surface area contributed by atoms with Crippen molar-refractivity contribution in [2.24, 2.45) is 0 Å². The third kappa shape index (κ3) is 3.21. The number of fused-ring (bicyclic) bond motifs is 1. The van der Waals surface area contributed by atoms with Crippen molar-refractivity contribution in [2.75, 3.05) is 0 Å². The number of benzene rings is 1. The second-order valence-electron chi connectivity index (χ2n) is 5.79. The van der Waals surface area contributed by atoms with E-state index in [1.807, 2.05) is 30.3 Å². The highest BCUT2D eigenvalue weighted by Crippen LogP contribution is 2.30. The Labute approximate surface area is 162 Å². The lowest BCUT2D eigenvalue weighted by Gasteiger charge is -2.02. The summed E-state index contributed by atoms with van der Waals surface area (Å²) >= 11 is 1.23. The average molecular weight is 388 g/mol. The summed E-state index contributed by atoms with van der Waals surface area (Å²) < 4.78 is 7.47. The molecule has 5 rings (SSSR count). The molecule has 0 N–H and O–H groups in total. The highest BCUT2D eigenvalue weighted by atomic mass is 32.2. The third-order valence-electron chi connectivity index (χ3n) is 3.96. The van der Waals surface area contributed by atoms with Gasteiger partial charge in [-0.1, -0.05) is 35.5 Å². The number of hydrogen-bond donors (Lipinski definition) is 0. The van der Waals surface area contributed by atoms with Gasteiger partial charge in [0.2, 0.25) is 5.89 Å². The molecule has 0 saturated carbocycles. The Hall–Kier alpha value is -3.66. The second-order valence-corrected chi connectivity index (χ2v) is 6.73. The van der Waals surface area contributed by atoms with E-state index in [9.17, 15) is 0 Å². The van der Waals surface area contributed by atoms with E-state index in [2.05, 4.69) is 35.5 Å². The van der Waals surface area contributed by atoms with Gasteiger partial charge in [0.1, 0.15) is 11.4 Å². The molecule has 0 fully saturated rings. The second kappa shape index (κ2) is 7.16. The highest BCUT2D eigenvalue weighted by molar-refractivity contribution is 7.99. The van der Waals surface area contributed by atoms with Crippen molar-refractivity contribution >= 4 is 22.9 Å². The van der Waals surface area contributed by atoms with Crippen molar-refractivity contribution in [1.82, 2.24) is 40.1 Å². The van der Waals surface area contributed by atoms with Gasteiger partial charge in [0.25, 0.3) is 5.22 Å². The maximum atomic E-state index is 5.72. The molecule has 136 valence electrons. The Balaban J connectivity index is 1.43. The predicted octanol–water partition coefficient (Wildman–Crippen LogP) is 2.87. The standard InChI is InChI=1S/C18H12N8OS/c1-2-4-12(5-3-1)10-26-15-14(22-25-26)17(21-11-20-15)28-18-24-23-16(27-18)13-6-8-19-9-7-13/h1-9,11H,10H2. The summed E-state index contributed by atoms with van der Waals surface area (Å²) in [4.78, 5) is 12.6. The lowest BCUT2D eigenvalue weighted by molar-refractivity contribution is 0.465. The van der Waals surface area contributed by atoms with Gasteiger partial charge in [-0.2, -0.15) is 0 Å². The Bertz CT molecular complexity index is 1220. The molecule has 28 heavy (non-hydrogen) atoms. The summed E-state index contributed by atoms with van der Waals surface area (Å²) in [6.07, 6.45) is 4.83. The number of aromatic nitrogens is 8. The van der Waals surface area contributed by atoms with Crippen LogP contribution >= 0.6 is 11.8 Å². The van der Waals surface area contributed by atoms with Crippen LogP contribution in [-0.2, 0) is 6.54 Å². The topological polar surface area (TPSA) is 108 Å². The van der Waals surface area contributed by atoms with Crippen molar-refractivity contribution in [3.05, 3.63) is 66.7 Å². The Morgan fingerprint density at radius 2 is 1.79 bits per heavy atom. The molecule has 0 unspecified atom stereocenters. The van der Waals surface area contributed by atoms with Crippen LogP contribution in [0.1, 0.15) is 5.56 Å². The summed E-state index contributed by atoms with van der Waals surface area (Å²) in [5.74, 6) is 0.419. The molecule has 0 aliphatic carbocycles. The van der Waals surface area contributed by atoms with E-state index < -0.39 is 0 Å². The van der Waals surface area contributed by atoms with Crippen LogP contribution in [0.15, 0.2) is 75.9 Å². The molecule has 0 bridgehead atoms. The Kier molecular flexibility index (Phi) is 4.22. The molecule has 0 aliphatic rings. The Morgan fingerprint density at radius 1 is 0.929 bits per heavy atom. The molecular weight excluding hydrogens is 376 g/mol. The fourth-order valence-corrected chi connectivity index (χ4v) is 3.35. The third-order valence-corrected chi connectivity index (χ3v) is 4.79. The number of nitrogens with zero attached hydrogens (tertiary/aromatic N) is 8. The van der Waals surface area contributed by atoms with Gasteiger partial charge in [-0.15, -0.1) is 15.3 Å². The van der Waals surface area contributed by atoms with Crippen LogP contribution < -0.4 is 0 Å². The van der Waals surface area contributed by atoms with Gasteiger partial charge >= 0.3 is 0 Å². The van der Waals surface area contributed by atoms with Crippen molar-refractivity contribution in [2.45, 2.75) is 16.8 Å². The van der Waals surface area contributed by atoms with Crippen LogP contribution in [0.3, 0.4) is 0 Å². The van der Waals surface area contributed by atoms with Crippen LogP contribution in [0.25, 0.3) is 22.6 Å². The first-order valence-electron chi connectivity index (χ1n) is 8.37. The summed E-state index contributed by atoms with van der Waals surface area (Å²) in [6.45, 7) is 0.575. The van der Waals surface area contributed by atoms with Crippen molar-refractivity contribution in [3.8, 4) is 11.5 Å². The van der Waals surface area contributed by atoms with Crippen molar-refractivity contribution < 1.29 is 4.42 Å². The molecule has 0 atom stereocenters. The van der Waals surface area contributed by atoms with Crippen molar-refractivity contribution in [1.29, 1.82) is 0 Å². The zero-order valence-electron chi connectivity index (χ0n) is 14.4. The maximum absolute atomic E-state index is 5.72. The van der Waals surface area contributed by atoms with Gasteiger partial charge in [0.15, 0.2) is 11.2 Å². The first-order valence-corrected chi connectivity index (χ1v) is 9.18. The SMILES string of the molecule is c1ccc(Cn2nnc3c(Sc4nnc(-c5ccncc5)o4)ncnc32)cc1. The molecule has 4 aromatic heterocycles. The molecule has 9 nitrogen and oxygen atoms in total. The fraction of sp³-hybridized carbons (Fsp3) is 0.0556. The summed E-state index contributed by atoms with van der Waals surface area (Å²) in [5, 5.41) is 17.6. The maximum Gasteiger partial charge on any atom is 0.283 e. The number of pyridine rings is 1. The van der Waals surface area contributed by atoms with Gasteiger partial charge in [0.05, 0.1) is 6.54 Å². The zero-order chi connectivity index (χ0) is 18.8. The van der Waals surface area contributed by atoms with E-state index in [1.54, 1.807) is 29.2 Å². The fourth-order valence-electron chi connectivity index (χ4n) is 2.65. The lowest BCUT2D eigenvalue weighted by Crippen LogP contribution is -2.02. The normalized spacial score (nSPS) is 11.1. The van der Waals surface area contributed by atoms with Gasteiger partial charge < -0.3 is 4.42 Å². The lowest BCUT2D eigenvalue weighted by atomic mass is 10.2. The molecule has 0 saturated heterocycles. The van der Waals surface area contributed by atoms with E-state index in [1.165, 1.54) is 18.1 Å². The highest BCUT2D eigenvalue weighted by Gasteiger charge is 2.16. The molecule has 0 amide bonds. The van der Waals surface area contributed by atoms with E-state index in [0.717, 1.165) is 11.1 Å². The molecule has 0 spiro atoms. The molecule has 0 aliphatic heterocycles. The largest absolute Gasteiger partial charge is 0.411 e. The predicted molar refractivity (Wildman–Crippen MR) is 100 cm³/mol. The van der Waals surface area contributed by atoms with Crippen LogP contribution in [0.5, 0.6) is 0 Å². The molecule has 4 heterocycles. The van der Waals surface area contributed by atoms with Crippen LogP contribution in [0.4, 0.5) is 0 Å². The van der Waals surface area contributed by atoms with Gasteiger partial charge in [0, 0.05) is 18.0 Å². The Morgan fingerprint density at radius 3 is 2.64 bits per heavy atom. The minimum absolute atomic E-state index is 0.365. The van der Waals surface area contributed by atoms with Crippen LogP contribution in [-0.4, -0.2) is 40.1 Å². The van der Waals surface area contributed by atoms with E-state index in [0.29, 0.717) is 33.8 Å². The molecular formula is C18H12N8OS. The molecule has 10 heteroatoms. The number of hydrogen-bond acceptors (Lipinski definition) is 9. The summed E-state index contributed by atoms with van der Waals surface area (Å²) in [5.41, 5.74) is 3.15. The smallest absolute Gasteiger partial charge is 0.283 e. The van der Waals surface area contributed by atoms with Gasteiger partial charge in [-0.3, -0.25) is 4.98 Å². The molecule has 5 aromatic rings. The minimum atomic E-state index is 0.365. The average Bonchev–Trinajstić information content (AvgIpc) is 3.38. The quantitative estimate of drug-likeness (QED) is 0.420. The van der Waals surface area contributed by atoms with Crippen molar-refractivity contribution in [3.63, 3.8) is 0 Å². The van der Waals surface area contributed by atoms with Crippen LogP contribution in [0.2, 0.25) is 0 Å². The summed E-state index contributed by atoms with van der Waals surface area (Å²) in [6, 6.07) is 13.6. The van der Waals surface area contributed by atoms with Gasteiger partial charge in [-0.25, -0.2) is 14.6 Å². The first-order chi connectivity index (χ1) is 13.9. The minimum Gasteiger partial charge on any atom is -0.411 e. The summed E-state index contributed by atoms with van der Waals surface area (Å²) in [7, 11) is 0. The van der Waals surface area contributed by atoms with Gasteiger partial charge in [-0.05, 0) is 29.5 Å². The first kappa shape index (κ1) is 16.5. The monoisotopic (exact) mass is 388 g/mol. The van der Waals surface area contributed by atoms with E-state index in [4.69, 9.17) is 4.42 Å².